The fraction of sp³-hybridized carbons (Fsp3) is 0.0769. The third-order valence-corrected chi connectivity index (χ3v) is 3.01. The average Bonchev–Trinajstić information content (AvgIpc) is 2.35. The van der Waals surface area contributed by atoms with E-state index in [4.69, 9.17) is 23.2 Å². The molecule has 0 atom stereocenters. The highest BCUT2D eigenvalue weighted by Gasteiger charge is 2.34. The van der Waals surface area contributed by atoms with Gasteiger partial charge in [0, 0.05) is 16.1 Å². The zero-order valence-electron chi connectivity index (χ0n) is 10.5. The Kier molecular flexibility index (Phi) is 4.48. The minimum absolute atomic E-state index is 0.283. The van der Waals surface area contributed by atoms with Crippen LogP contribution in [0.1, 0.15) is 0 Å². The zero-order valence-corrected chi connectivity index (χ0v) is 12.0. The van der Waals surface area contributed by atoms with Gasteiger partial charge in [-0.2, -0.15) is 0 Å². The molecule has 0 radical (unpaired) electrons. The molecule has 0 saturated heterocycles. The minimum Gasteiger partial charge on any atom is -0.398 e. The van der Waals surface area contributed by atoms with Gasteiger partial charge in [0.25, 0.3) is 0 Å². The number of halogens is 5. The van der Waals surface area contributed by atoms with E-state index < -0.39 is 22.7 Å². The number of ether oxygens (including phenoxy) is 1. The van der Waals surface area contributed by atoms with Gasteiger partial charge in [0.05, 0.1) is 4.92 Å². The Balaban J connectivity index is 2.51. The van der Waals surface area contributed by atoms with Gasteiger partial charge in [-0.25, -0.2) is 0 Å². The van der Waals surface area contributed by atoms with Crippen LogP contribution in [0.5, 0.6) is 5.75 Å². The van der Waals surface area contributed by atoms with Crippen molar-refractivity contribution in [1.29, 1.82) is 0 Å². The number of rotatable bonds is 3. The number of alkyl halides is 3. The lowest BCUT2D eigenvalue weighted by atomic mass is 10.0. The van der Waals surface area contributed by atoms with Gasteiger partial charge in [0.2, 0.25) is 5.75 Å². The molecule has 0 amide bonds. The Hall–Kier alpha value is -1.99. The summed E-state index contributed by atoms with van der Waals surface area (Å²) in [6, 6.07) is 7.50. The number of hydrogen-bond acceptors (Lipinski definition) is 3. The molecule has 0 aliphatic rings. The summed E-state index contributed by atoms with van der Waals surface area (Å²) in [6.07, 6.45) is -5.02. The van der Waals surface area contributed by atoms with Crippen LogP contribution in [0.15, 0.2) is 36.4 Å². The molecule has 2 rings (SSSR count). The zero-order chi connectivity index (χ0) is 16.5. The monoisotopic (exact) mass is 351 g/mol. The third-order valence-electron chi connectivity index (χ3n) is 2.58. The molecule has 0 heterocycles. The molecular weight excluding hydrogens is 346 g/mol. The topological polar surface area (TPSA) is 52.4 Å². The Morgan fingerprint density at radius 3 is 2.09 bits per heavy atom. The second kappa shape index (κ2) is 6.02. The SMILES string of the molecule is O=[N+]([O-])c1cc(-c2cc(Cl)cc(Cl)c2)ccc1OC(F)(F)F. The van der Waals surface area contributed by atoms with Crippen molar-refractivity contribution in [3.05, 3.63) is 56.6 Å². The van der Waals surface area contributed by atoms with Crippen LogP contribution < -0.4 is 4.74 Å². The molecule has 22 heavy (non-hydrogen) atoms. The lowest BCUT2D eigenvalue weighted by Gasteiger charge is -2.10. The standard InChI is InChI=1S/C13H6Cl2F3NO3/c14-9-3-8(4-10(15)6-9)7-1-2-12(22-13(16,17)18)11(5-7)19(20)21/h1-6H. The summed E-state index contributed by atoms with van der Waals surface area (Å²) < 4.78 is 40.3. The summed E-state index contributed by atoms with van der Waals surface area (Å²) in [5, 5.41) is 11.5. The van der Waals surface area contributed by atoms with Gasteiger partial charge in [-0.1, -0.05) is 29.3 Å². The van der Waals surface area contributed by atoms with Gasteiger partial charge in [0.1, 0.15) is 0 Å². The normalized spacial score (nSPS) is 11.3. The second-order valence-corrected chi connectivity index (χ2v) is 5.02. The summed E-state index contributed by atoms with van der Waals surface area (Å²) in [6.45, 7) is 0. The summed E-state index contributed by atoms with van der Waals surface area (Å²) >= 11 is 11.7. The van der Waals surface area contributed by atoms with Crippen molar-refractivity contribution in [2.24, 2.45) is 0 Å². The number of nitrogens with zero attached hydrogens (tertiary/aromatic N) is 1. The molecule has 0 aliphatic heterocycles. The smallest absolute Gasteiger partial charge is 0.398 e. The first-order chi connectivity index (χ1) is 10.2. The van der Waals surface area contributed by atoms with Crippen molar-refractivity contribution in [3.8, 4) is 16.9 Å². The number of nitro benzene ring substituents is 1. The van der Waals surface area contributed by atoms with Crippen molar-refractivity contribution in [1.82, 2.24) is 0 Å². The predicted octanol–water partition coefficient (Wildman–Crippen LogP) is 5.47. The quantitative estimate of drug-likeness (QED) is 0.544. The maximum absolute atomic E-state index is 12.2. The molecule has 4 nitrogen and oxygen atoms in total. The van der Waals surface area contributed by atoms with Crippen LogP contribution in [0, 0.1) is 10.1 Å². The molecule has 0 unspecified atom stereocenters. The van der Waals surface area contributed by atoms with Crippen LogP contribution >= 0.6 is 23.2 Å². The molecule has 2 aromatic rings. The van der Waals surface area contributed by atoms with Crippen LogP contribution in [0.2, 0.25) is 10.0 Å². The van der Waals surface area contributed by atoms with E-state index in [1.165, 1.54) is 24.3 Å². The lowest BCUT2D eigenvalue weighted by Crippen LogP contribution is -2.17. The Bertz CT molecular complexity index is 715. The second-order valence-electron chi connectivity index (χ2n) is 4.15. The van der Waals surface area contributed by atoms with E-state index in [9.17, 15) is 23.3 Å². The van der Waals surface area contributed by atoms with Gasteiger partial charge in [0.15, 0.2) is 0 Å². The molecular formula is C13H6Cl2F3NO3. The van der Waals surface area contributed by atoms with Crippen molar-refractivity contribution in [2.75, 3.05) is 0 Å². The van der Waals surface area contributed by atoms with Crippen LogP contribution in [0.25, 0.3) is 11.1 Å². The van der Waals surface area contributed by atoms with Crippen molar-refractivity contribution >= 4 is 28.9 Å². The maximum Gasteiger partial charge on any atom is 0.573 e. The first kappa shape index (κ1) is 16.4. The molecule has 0 spiro atoms. The van der Waals surface area contributed by atoms with Crippen LogP contribution in [0.3, 0.4) is 0 Å². The highest BCUT2D eigenvalue weighted by molar-refractivity contribution is 6.35. The molecule has 0 N–H and O–H groups in total. The van der Waals surface area contributed by atoms with E-state index in [0.717, 1.165) is 12.1 Å². The number of nitro groups is 1. The number of hydrogen-bond donors (Lipinski definition) is 0. The molecule has 0 bridgehead atoms. The Morgan fingerprint density at radius 2 is 1.59 bits per heavy atom. The highest BCUT2D eigenvalue weighted by atomic mass is 35.5. The van der Waals surface area contributed by atoms with Gasteiger partial charge >= 0.3 is 12.0 Å². The fourth-order valence-corrected chi connectivity index (χ4v) is 2.30. The first-order valence-electron chi connectivity index (χ1n) is 5.66. The molecule has 0 aliphatic carbocycles. The van der Waals surface area contributed by atoms with Crippen LogP contribution in [-0.2, 0) is 0 Å². The van der Waals surface area contributed by atoms with E-state index in [1.807, 2.05) is 0 Å². The maximum atomic E-state index is 12.2. The van der Waals surface area contributed by atoms with E-state index >= 15 is 0 Å². The summed E-state index contributed by atoms with van der Waals surface area (Å²) in [4.78, 5) is 9.97. The summed E-state index contributed by atoms with van der Waals surface area (Å²) in [5.74, 6) is -0.894. The van der Waals surface area contributed by atoms with E-state index in [-0.39, 0.29) is 5.56 Å². The van der Waals surface area contributed by atoms with Gasteiger partial charge in [-0.3, -0.25) is 10.1 Å². The highest BCUT2D eigenvalue weighted by Crippen LogP contribution is 2.36. The van der Waals surface area contributed by atoms with Crippen LogP contribution in [-0.4, -0.2) is 11.3 Å². The van der Waals surface area contributed by atoms with Crippen molar-refractivity contribution in [2.45, 2.75) is 6.36 Å². The number of benzene rings is 2. The minimum atomic E-state index is -5.02. The molecule has 0 aromatic heterocycles. The molecule has 9 heteroatoms. The Morgan fingerprint density at radius 1 is 1.00 bits per heavy atom. The molecule has 0 fully saturated rings. The molecule has 2 aromatic carbocycles. The third kappa shape index (κ3) is 4.02. The fourth-order valence-electron chi connectivity index (χ4n) is 1.77. The van der Waals surface area contributed by atoms with Gasteiger partial charge < -0.3 is 4.74 Å². The molecule has 116 valence electrons. The summed E-state index contributed by atoms with van der Waals surface area (Å²) in [7, 11) is 0. The van der Waals surface area contributed by atoms with Gasteiger partial charge in [-0.15, -0.1) is 13.2 Å². The lowest BCUT2D eigenvalue weighted by molar-refractivity contribution is -0.388. The first-order valence-corrected chi connectivity index (χ1v) is 6.42. The van der Waals surface area contributed by atoms with E-state index in [1.54, 1.807) is 0 Å². The van der Waals surface area contributed by atoms with E-state index in [0.29, 0.717) is 15.6 Å². The van der Waals surface area contributed by atoms with Gasteiger partial charge in [-0.05, 0) is 35.4 Å². The largest absolute Gasteiger partial charge is 0.573 e. The van der Waals surface area contributed by atoms with E-state index in [2.05, 4.69) is 4.74 Å². The molecule has 0 saturated carbocycles. The van der Waals surface area contributed by atoms with Crippen molar-refractivity contribution in [3.63, 3.8) is 0 Å². The Labute approximate surface area is 132 Å². The van der Waals surface area contributed by atoms with Crippen molar-refractivity contribution < 1.29 is 22.8 Å². The van der Waals surface area contributed by atoms with Crippen LogP contribution in [0.4, 0.5) is 18.9 Å². The predicted molar refractivity (Wildman–Crippen MR) is 75.2 cm³/mol. The summed E-state index contributed by atoms with van der Waals surface area (Å²) in [5.41, 5.74) is -0.101. The average molecular weight is 352 g/mol.